The van der Waals surface area contributed by atoms with Crippen LogP contribution in [0.2, 0.25) is 0 Å². The molecular weight excluding hydrogens is 284 g/mol. The van der Waals surface area contributed by atoms with Crippen LogP contribution in [0.1, 0.15) is 38.7 Å². The molecular formula is C16H26N2O2S. The van der Waals surface area contributed by atoms with E-state index in [4.69, 9.17) is 0 Å². The summed E-state index contributed by atoms with van der Waals surface area (Å²) in [6.07, 6.45) is 4.01. The molecule has 2 rings (SSSR count). The molecule has 0 spiro atoms. The van der Waals surface area contributed by atoms with Crippen LogP contribution in [0, 0.1) is 0 Å². The first-order valence-corrected chi connectivity index (χ1v) is 9.30. The van der Waals surface area contributed by atoms with Crippen LogP contribution in [0.3, 0.4) is 0 Å². The first kappa shape index (κ1) is 16.5. The van der Waals surface area contributed by atoms with E-state index in [1.165, 1.54) is 18.4 Å². The van der Waals surface area contributed by atoms with Gasteiger partial charge >= 0.3 is 0 Å². The molecule has 1 aromatic carbocycles. The van der Waals surface area contributed by atoms with Crippen molar-refractivity contribution in [3.8, 4) is 0 Å². The Labute approximate surface area is 128 Å². The van der Waals surface area contributed by atoms with Crippen LogP contribution in [0.25, 0.3) is 0 Å². The number of nitrogens with one attached hydrogen (secondary N) is 2. The molecule has 1 aromatic rings. The molecule has 1 saturated carbocycles. The average molecular weight is 310 g/mol. The molecule has 1 fully saturated rings. The van der Waals surface area contributed by atoms with E-state index in [1.54, 1.807) is 0 Å². The van der Waals surface area contributed by atoms with E-state index in [1.807, 2.05) is 32.0 Å². The van der Waals surface area contributed by atoms with Gasteiger partial charge in [0, 0.05) is 18.1 Å². The van der Waals surface area contributed by atoms with Crippen LogP contribution in [0.5, 0.6) is 0 Å². The average Bonchev–Trinajstić information content (AvgIpc) is 3.20. The predicted octanol–water partition coefficient (Wildman–Crippen LogP) is 2.07. The molecule has 0 bridgehead atoms. The number of hydrogen-bond acceptors (Lipinski definition) is 3. The van der Waals surface area contributed by atoms with Gasteiger partial charge in [-0.15, -0.1) is 0 Å². The van der Waals surface area contributed by atoms with Crippen molar-refractivity contribution in [1.82, 2.24) is 10.0 Å². The van der Waals surface area contributed by atoms with E-state index in [0.29, 0.717) is 12.6 Å². The van der Waals surface area contributed by atoms with E-state index in [9.17, 15) is 8.42 Å². The van der Waals surface area contributed by atoms with Gasteiger partial charge in [0.05, 0.1) is 5.75 Å². The van der Waals surface area contributed by atoms with Crippen molar-refractivity contribution in [2.45, 2.75) is 51.1 Å². The molecule has 4 nitrogen and oxygen atoms in total. The number of sulfonamides is 1. The molecule has 0 radical (unpaired) electrons. The van der Waals surface area contributed by atoms with Crippen molar-refractivity contribution in [3.05, 3.63) is 35.9 Å². The number of benzene rings is 1. The summed E-state index contributed by atoms with van der Waals surface area (Å²) in [4.78, 5) is 0. The Bertz CT molecular complexity index is 537. The van der Waals surface area contributed by atoms with Crippen LogP contribution >= 0.6 is 0 Å². The molecule has 0 amide bonds. The SMILES string of the molecule is CC(C)(CCc1ccccc1)NS(=O)(=O)CCNC1CC1. The van der Waals surface area contributed by atoms with Crippen LogP contribution in [0.4, 0.5) is 0 Å². The fourth-order valence-electron chi connectivity index (χ4n) is 2.31. The Morgan fingerprint density at radius 2 is 1.86 bits per heavy atom. The molecule has 5 heteroatoms. The minimum absolute atomic E-state index is 0.151. The second kappa shape index (κ2) is 6.90. The zero-order valence-electron chi connectivity index (χ0n) is 12.9. The monoisotopic (exact) mass is 310 g/mol. The van der Waals surface area contributed by atoms with Crippen LogP contribution in [-0.4, -0.2) is 32.3 Å². The lowest BCUT2D eigenvalue weighted by Gasteiger charge is -2.26. The normalized spacial score (nSPS) is 16.1. The van der Waals surface area contributed by atoms with Gasteiger partial charge in [-0.2, -0.15) is 0 Å². The Morgan fingerprint density at radius 1 is 1.19 bits per heavy atom. The lowest BCUT2D eigenvalue weighted by molar-refractivity contribution is 0.422. The maximum absolute atomic E-state index is 12.1. The second-order valence-corrected chi connectivity index (χ2v) is 8.36. The second-order valence-electron chi connectivity index (χ2n) is 6.52. The van der Waals surface area contributed by atoms with Crippen molar-refractivity contribution < 1.29 is 8.42 Å². The summed E-state index contributed by atoms with van der Waals surface area (Å²) in [6.45, 7) is 4.43. The lowest BCUT2D eigenvalue weighted by Crippen LogP contribution is -2.46. The zero-order valence-corrected chi connectivity index (χ0v) is 13.7. The highest BCUT2D eigenvalue weighted by atomic mass is 32.2. The molecule has 1 aliphatic carbocycles. The summed E-state index contributed by atoms with van der Waals surface area (Å²) in [7, 11) is -3.22. The van der Waals surface area contributed by atoms with Crippen molar-refractivity contribution in [2.75, 3.05) is 12.3 Å². The maximum Gasteiger partial charge on any atom is 0.213 e. The van der Waals surface area contributed by atoms with Gasteiger partial charge in [-0.3, -0.25) is 0 Å². The Kier molecular flexibility index (Phi) is 5.41. The van der Waals surface area contributed by atoms with Gasteiger partial charge in [0.15, 0.2) is 0 Å². The van der Waals surface area contributed by atoms with Gasteiger partial charge in [0.2, 0.25) is 10.0 Å². The maximum atomic E-state index is 12.1. The zero-order chi connectivity index (χ0) is 15.3. The van der Waals surface area contributed by atoms with Gasteiger partial charge in [0.1, 0.15) is 0 Å². The third-order valence-corrected chi connectivity index (χ3v) is 5.30. The van der Waals surface area contributed by atoms with E-state index >= 15 is 0 Å². The van der Waals surface area contributed by atoms with E-state index in [2.05, 4.69) is 22.2 Å². The quantitative estimate of drug-likeness (QED) is 0.734. The van der Waals surface area contributed by atoms with Gasteiger partial charge in [-0.25, -0.2) is 13.1 Å². The number of rotatable bonds is 9. The summed E-state index contributed by atoms with van der Waals surface area (Å²) in [5, 5.41) is 3.24. The summed E-state index contributed by atoms with van der Waals surface area (Å²) < 4.78 is 27.0. The van der Waals surface area contributed by atoms with Crippen molar-refractivity contribution in [3.63, 3.8) is 0 Å². The molecule has 0 aliphatic heterocycles. The molecule has 0 saturated heterocycles. The highest BCUT2D eigenvalue weighted by Gasteiger charge is 2.25. The van der Waals surface area contributed by atoms with Crippen molar-refractivity contribution >= 4 is 10.0 Å². The van der Waals surface area contributed by atoms with E-state index in [0.717, 1.165) is 12.8 Å². The largest absolute Gasteiger partial charge is 0.313 e. The third-order valence-electron chi connectivity index (χ3n) is 3.69. The molecule has 0 aromatic heterocycles. The predicted molar refractivity (Wildman–Crippen MR) is 86.8 cm³/mol. The molecule has 1 aliphatic rings. The Balaban J connectivity index is 1.77. The molecule has 0 unspecified atom stereocenters. The molecule has 118 valence electrons. The first-order chi connectivity index (χ1) is 9.86. The lowest BCUT2D eigenvalue weighted by atomic mass is 9.97. The molecule has 21 heavy (non-hydrogen) atoms. The minimum Gasteiger partial charge on any atom is -0.313 e. The summed E-state index contributed by atoms with van der Waals surface area (Å²) >= 11 is 0. The molecule has 0 atom stereocenters. The highest BCUT2D eigenvalue weighted by Crippen LogP contribution is 2.18. The van der Waals surface area contributed by atoms with E-state index in [-0.39, 0.29) is 5.75 Å². The summed E-state index contributed by atoms with van der Waals surface area (Å²) in [6, 6.07) is 10.7. The van der Waals surface area contributed by atoms with Gasteiger partial charge in [0.25, 0.3) is 0 Å². The fraction of sp³-hybridized carbons (Fsp3) is 0.625. The van der Waals surface area contributed by atoms with Crippen LogP contribution < -0.4 is 10.0 Å². The Morgan fingerprint density at radius 3 is 2.48 bits per heavy atom. The highest BCUT2D eigenvalue weighted by molar-refractivity contribution is 7.89. The van der Waals surface area contributed by atoms with E-state index < -0.39 is 15.6 Å². The van der Waals surface area contributed by atoms with Gasteiger partial charge in [-0.05, 0) is 45.1 Å². The topological polar surface area (TPSA) is 58.2 Å². The third kappa shape index (κ3) is 6.59. The molecule has 0 heterocycles. The van der Waals surface area contributed by atoms with Crippen LogP contribution in [-0.2, 0) is 16.4 Å². The summed E-state index contributed by atoms with van der Waals surface area (Å²) in [5.41, 5.74) is 0.814. The standard InChI is InChI=1S/C16H26N2O2S/c1-16(2,11-10-14-6-4-3-5-7-14)18-21(19,20)13-12-17-15-8-9-15/h3-7,15,17-18H,8-13H2,1-2H3. The van der Waals surface area contributed by atoms with Gasteiger partial charge in [-0.1, -0.05) is 30.3 Å². The smallest absolute Gasteiger partial charge is 0.213 e. The summed E-state index contributed by atoms with van der Waals surface area (Å²) in [5.74, 6) is 0.151. The first-order valence-electron chi connectivity index (χ1n) is 7.65. The van der Waals surface area contributed by atoms with Crippen molar-refractivity contribution in [2.24, 2.45) is 0 Å². The number of hydrogen-bond donors (Lipinski definition) is 2. The number of aryl methyl sites for hydroxylation is 1. The van der Waals surface area contributed by atoms with Crippen molar-refractivity contribution in [1.29, 1.82) is 0 Å². The fourth-order valence-corrected chi connectivity index (χ4v) is 3.74. The van der Waals surface area contributed by atoms with Crippen LogP contribution in [0.15, 0.2) is 30.3 Å². The molecule has 2 N–H and O–H groups in total. The van der Waals surface area contributed by atoms with Gasteiger partial charge < -0.3 is 5.32 Å². The Hall–Kier alpha value is -0.910. The minimum atomic E-state index is -3.22.